The molecule has 0 saturated carbocycles. The summed E-state index contributed by atoms with van der Waals surface area (Å²) >= 11 is 0. The maximum absolute atomic E-state index is 12.3. The van der Waals surface area contributed by atoms with Gasteiger partial charge in [-0.2, -0.15) is 0 Å². The van der Waals surface area contributed by atoms with Crippen LogP contribution in [0.25, 0.3) is 0 Å². The van der Waals surface area contributed by atoms with Gasteiger partial charge in [-0.05, 0) is 29.7 Å². The van der Waals surface area contributed by atoms with E-state index in [-0.39, 0.29) is 17.3 Å². The van der Waals surface area contributed by atoms with Gasteiger partial charge in [-0.1, -0.05) is 36.4 Å². The second-order valence-electron chi connectivity index (χ2n) is 4.71. The monoisotopic (exact) mass is 252 g/mol. The van der Waals surface area contributed by atoms with Crippen LogP contribution < -0.4 is 0 Å². The fraction of sp³-hybridized carbons (Fsp3) is 0.125. The number of Topliss-reactive ketones (excluding diaryl/α,β-unsaturated/α-hetero) is 1. The Kier molecular flexibility index (Phi) is 2.67. The molecule has 0 saturated heterocycles. The summed E-state index contributed by atoms with van der Waals surface area (Å²) in [6.07, 6.45) is 0.696. The summed E-state index contributed by atoms with van der Waals surface area (Å²) in [6, 6.07) is 14.2. The number of rotatable bonds is 2. The van der Waals surface area contributed by atoms with Gasteiger partial charge in [0, 0.05) is 5.56 Å². The van der Waals surface area contributed by atoms with Crippen LogP contribution in [0.5, 0.6) is 0 Å². The quantitative estimate of drug-likeness (QED) is 0.894. The normalized spacial score (nSPS) is 17.3. The summed E-state index contributed by atoms with van der Waals surface area (Å²) in [5.41, 5.74) is 2.98. The molecular weight excluding hydrogens is 240 g/mol. The summed E-state index contributed by atoms with van der Waals surface area (Å²) in [5.74, 6) is -1.01. The van der Waals surface area contributed by atoms with Crippen molar-refractivity contribution >= 4 is 11.8 Å². The molecule has 94 valence electrons. The van der Waals surface area contributed by atoms with Gasteiger partial charge in [0.2, 0.25) is 0 Å². The van der Waals surface area contributed by atoms with E-state index in [0.717, 1.165) is 16.7 Å². The molecule has 2 aromatic carbocycles. The molecule has 1 N–H and O–H groups in total. The van der Waals surface area contributed by atoms with E-state index in [1.165, 1.54) is 0 Å². The lowest BCUT2D eigenvalue weighted by Crippen LogP contribution is -2.07. The standard InChI is InChI=1S/C16H12O3/c17-15-13-4-2-1-3-12(13)9-14(15)10-5-7-11(8-6-10)16(18)19/h1-8,14H,9H2,(H,18,19)/t14-/m0/s1. The molecule has 19 heavy (non-hydrogen) atoms. The number of hydrogen-bond acceptors (Lipinski definition) is 2. The Hall–Kier alpha value is -2.42. The number of aromatic carboxylic acids is 1. The van der Waals surface area contributed by atoms with Crippen molar-refractivity contribution in [2.75, 3.05) is 0 Å². The van der Waals surface area contributed by atoms with Crippen LogP contribution in [0.15, 0.2) is 48.5 Å². The van der Waals surface area contributed by atoms with Crippen molar-refractivity contribution in [1.29, 1.82) is 0 Å². The minimum Gasteiger partial charge on any atom is -0.478 e. The number of carbonyl (C=O) groups is 2. The molecule has 1 aliphatic rings. The van der Waals surface area contributed by atoms with Gasteiger partial charge in [-0.25, -0.2) is 4.79 Å². The summed E-state index contributed by atoms with van der Waals surface area (Å²) in [7, 11) is 0. The number of hydrogen-bond donors (Lipinski definition) is 1. The molecule has 0 spiro atoms. The maximum Gasteiger partial charge on any atom is 0.335 e. The van der Waals surface area contributed by atoms with Gasteiger partial charge in [-0.3, -0.25) is 4.79 Å². The van der Waals surface area contributed by atoms with Crippen molar-refractivity contribution < 1.29 is 14.7 Å². The van der Waals surface area contributed by atoms with Gasteiger partial charge < -0.3 is 5.11 Å². The third-order valence-electron chi connectivity index (χ3n) is 3.58. The fourth-order valence-corrected chi connectivity index (χ4v) is 2.57. The lowest BCUT2D eigenvalue weighted by atomic mass is 9.94. The molecule has 2 aromatic rings. The number of carboxylic acid groups (broad SMARTS) is 1. The molecule has 0 bridgehead atoms. The average Bonchev–Trinajstić information content (AvgIpc) is 2.77. The third-order valence-corrected chi connectivity index (χ3v) is 3.58. The molecule has 0 unspecified atom stereocenters. The first-order valence-corrected chi connectivity index (χ1v) is 6.12. The van der Waals surface area contributed by atoms with Gasteiger partial charge in [0.15, 0.2) is 5.78 Å². The van der Waals surface area contributed by atoms with Gasteiger partial charge >= 0.3 is 5.97 Å². The Bertz CT molecular complexity index is 656. The Morgan fingerprint density at radius 1 is 1.05 bits per heavy atom. The maximum atomic E-state index is 12.3. The summed E-state index contributed by atoms with van der Waals surface area (Å²) in [4.78, 5) is 23.1. The molecule has 1 aliphatic carbocycles. The molecule has 3 nitrogen and oxygen atoms in total. The molecule has 0 radical (unpaired) electrons. The van der Waals surface area contributed by atoms with E-state index >= 15 is 0 Å². The smallest absolute Gasteiger partial charge is 0.335 e. The van der Waals surface area contributed by atoms with Crippen LogP contribution in [0.3, 0.4) is 0 Å². The van der Waals surface area contributed by atoms with Crippen LogP contribution in [0.1, 0.15) is 37.8 Å². The highest BCUT2D eigenvalue weighted by molar-refractivity contribution is 6.05. The lowest BCUT2D eigenvalue weighted by Gasteiger charge is -2.08. The molecule has 0 heterocycles. The SMILES string of the molecule is O=C(O)c1ccc([C@@H]2Cc3ccccc3C2=O)cc1. The Labute approximate surface area is 110 Å². The number of carboxylic acids is 1. The molecular formula is C16H12O3. The minimum absolute atomic E-state index is 0.124. The number of carbonyl (C=O) groups excluding carboxylic acids is 1. The Morgan fingerprint density at radius 2 is 1.74 bits per heavy atom. The molecule has 3 rings (SSSR count). The van der Waals surface area contributed by atoms with Crippen molar-refractivity contribution in [3.63, 3.8) is 0 Å². The molecule has 0 amide bonds. The highest BCUT2D eigenvalue weighted by Gasteiger charge is 2.31. The highest BCUT2D eigenvalue weighted by Crippen LogP contribution is 2.33. The topological polar surface area (TPSA) is 54.4 Å². The highest BCUT2D eigenvalue weighted by atomic mass is 16.4. The second kappa shape index (κ2) is 4.35. The average molecular weight is 252 g/mol. The summed E-state index contributed by atoms with van der Waals surface area (Å²) in [5, 5.41) is 8.87. The van der Waals surface area contributed by atoms with Crippen LogP contribution in [-0.4, -0.2) is 16.9 Å². The van der Waals surface area contributed by atoms with Gasteiger partial charge in [0.05, 0.1) is 11.5 Å². The summed E-state index contributed by atoms with van der Waals surface area (Å²) in [6.45, 7) is 0. The zero-order valence-electron chi connectivity index (χ0n) is 10.2. The van der Waals surface area contributed by atoms with E-state index in [1.807, 2.05) is 24.3 Å². The van der Waals surface area contributed by atoms with Crippen LogP contribution in [-0.2, 0) is 6.42 Å². The zero-order valence-corrected chi connectivity index (χ0v) is 10.2. The van der Waals surface area contributed by atoms with Crippen molar-refractivity contribution in [3.8, 4) is 0 Å². The predicted molar refractivity (Wildman–Crippen MR) is 70.6 cm³/mol. The van der Waals surface area contributed by atoms with Crippen LogP contribution >= 0.6 is 0 Å². The molecule has 1 atom stereocenters. The van der Waals surface area contributed by atoms with Gasteiger partial charge in [-0.15, -0.1) is 0 Å². The minimum atomic E-state index is -0.951. The van der Waals surface area contributed by atoms with Crippen LogP contribution in [0, 0.1) is 0 Å². The fourth-order valence-electron chi connectivity index (χ4n) is 2.57. The van der Waals surface area contributed by atoms with E-state index in [2.05, 4.69) is 0 Å². The van der Waals surface area contributed by atoms with E-state index in [9.17, 15) is 9.59 Å². The Balaban J connectivity index is 1.93. The van der Waals surface area contributed by atoms with Crippen LogP contribution in [0.4, 0.5) is 0 Å². The molecule has 0 fully saturated rings. The lowest BCUT2D eigenvalue weighted by molar-refractivity contribution is 0.0696. The predicted octanol–water partition coefficient (Wildman–Crippen LogP) is 2.91. The molecule has 0 aliphatic heterocycles. The summed E-state index contributed by atoms with van der Waals surface area (Å²) < 4.78 is 0. The largest absolute Gasteiger partial charge is 0.478 e. The van der Waals surface area contributed by atoms with Gasteiger partial charge in [0.1, 0.15) is 0 Å². The van der Waals surface area contributed by atoms with Crippen molar-refractivity contribution in [2.45, 2.75) is 12.3 Å². The first-order valence-electron chi connectivity index (χ1n) is 6.12. The number of ketones is 1. The van der Waals surface area contributed by atoms with Crippen molar-refractivity contribution in [3.05, 3.63) is 70.8 Å². The first-order chi connectivity index (χ1) is 9.16. The van der Waals surface area contributed by atoms with E-state index < -0.39 is 5.97 Å². The zero-order chi connectivity index (χ0) is 13.4. The number of fused-ring (bicyclic) bond motifs is 1. The first kappa shape index (κ1) is 11.7. The van der Waals surface area contributed by atoms with Crippen LogP contribution in [0.2, 0.25) is 0 Å². The van der Waals surface area contributed by atoms with Gasteiger partial charge in [0.25, 0.3) is 0 Å². The molecule has 0 aromatic heterocycles. The van der Waals surface area contributed by atoms with Crippen molar-refractivity contribution in [2.24, 2.45) is 0 Å². The molecule has 3 heteroatoms. The van der Waals surface area contributed by atoms with E-state index in [0.29, 0.717) is 6.42 Å². The third kappa shape index (κ3) is 1.93. The second-order valence-corrected chi connectivity index (χ2v) is 4.71. The van der Waals surface area contributed by atoms with E-state index in [1.54, 1.807) is 24.3 Å². The number of benzene rings is 2. The van der Waals surface area contributed by atoms with E-state index in [4.69, 9.17) is 5.11 Å². The van der Waals surface area contributed by atoms with Crippen molar-refractivity contribution in [1.82, 2.24) is 0 Å². The Morgan fingerprint density at radius 3 is 2.37 bits per heavy atom.